The average Bonchev–Trinajstić information content (AvgIpc) is 3.33. The van der Waals surface area contributed by atoms with E-state index in [1.165, 1.54) is 22.1 Å². The Morgan fingerprint density at radius 1 is 1.00 bits per heavy atom. The topological polar surface area (TPSA) is 91.8 Å². The van der Waals surface area contributed by atoms with Gasteiger partial charge in [0.05, 0.1) is 45.2 Å². The van der Waals surface area contributed by atoms with E-state index in [9.17, 15) is 13.2 Å². The van der Waals surface area contributed by atoms with E-state index in [-0.39, 0.29) is 10.8 Å². The maximum absolute atomic E-state index is 13.2. The largest absolute Gasteiger partial charge is 0.379 e. The summed E-state index contributed by atoms with van der Waals surface area (Å²) in [6, 6.07) is 10.4. The quantitative estimate of drug-likeness (QED) is 0.593. The van der Waals surface area contributed by atoms with Crippen LogP contribution >= 0.6 is 11.3 Å². The van der Waals surface area contributed by atoms with Crippen LogP contribution in [0, 0.1) is 0 Å². The highest BCUT2D eigenvalue weighted by Gasteiger charge is 2.28. The number of thiazole rings is 1. The van der Waals surface area contributed by atoms with Gasteiger partial charge in [0.25, 0.3) is 5.91 Å². The van der Waals surface area contributed by atoms with Gasteiger partial charge in [-0.25, -0.2) is 13.4 Å². The zero-order chi connectivity index (χ0) is 22.8. The maximum Gasteiger partial charge on any atom is 0.255 e. The van der Waals surface area contributed by atoms with E-state index in [2.05, 4.69) is 15.2 Å². The van der Waals surface area contributed by atoms with E-state index in [4.69, 9.17) is 4.74 Å². The monoisotopic (exact) mass is 486 g/mol. The molecule has 3 heterocycles. The van der Waals surface area contributed by atoms with Crippen molar-refractivity contribution in [1.82, 2.24) is 9.29 Å². The maximum atomic E-state index is 13.2. The van der Waals surface area contributed by atoms with Gasteiger partial charge in [0.1, 0.15) is 0 Å². The highest BCUT2D eigenvalue weighted by Crippen LogP contribution is 2.33. The minimum Gasteiger partial charge on any atom is -0.379 e. The predicted molar refractivity (Wildman–Crippen MR) is 130 cm³/mol. The van der Waals surface area contributed by atoms with Crippen LogP contribution in [-0.2, 0) is 14.8 Å². The van der Waals surface area contributed by atoms with E-state index in [0.29, 0.717) is 37.6 Å². The lowest BCUT2D eigenvalue weighted by Gasteiger charge is -2.31. The summed E-state index contributed by atoms with van der Waals surface area (Å²) in [7, 11) is -3.68. The molecule has 2 saturated heterocycles. The molecule has 0 saturated carbocycles. The Morgan fingerprint density at radius 3 is 2.58 bits per heavy atom. The third-order valence-electron chi connectivity index (χ3n) is 6.11. The number of aromatic nitrogens is 1. The van der Waals surface area contributed by atoms with Crippen molar-refractivity contribution in [2.24, 2.45) is 0 Å². The summed E-state index contributed by atoms with van der Waals surface area (Å²) in [6.07, 6.45) is 3.32. The first kappa shape index (κ1) is 22.3. The van der Waals surface area contributed by atoms with Gasteiger partial charge in [0.2, 0.25) is 10.0 Å². The van der Waals surface area contributed by atoms with Gasteiger partial charge in [0, 0.05) is 31.7 Å². The third kappa shape index (κ3) is 4.61. The van der Waals surface area contributed by atoms with Crippen molar-refractivity contribution in [2.75, 3.05) is 49.6 Å². The number of carbonyl (C=O) groups excluding carboxylic acids is 1. The Hall–Kier alpha value is -2.53. The molecule has 2 fully saturated rings. The van der Waals surface area contributed by atoms with Crippen molar-refractivity contribution in [3.05, 3.63) is 47.5 Å². The van der Waals surface area contributed by atoms with Gasteiger partial charge in [-0.3, -0.25) is 4.79 Å². The van der Waals surface area contributed by atoms with E-state index in [0.717, 1.165) is 41.8 Å². The predicted octanol–water partition coefficient (Wildman–Crippen LogP) is 3.56. The van der Waals surface area contributed by atoms with Crippen molar-refractivity contribution in [3.63, 3.8) is 0 Å². The third-order valence-corrected chi connectivity index (χ3v) is 8.80. The number of anilines is 2. The molecule has 1 aromatic heterocycles. The van der Waals surface area contributed by atoms with Crippen molar-refractivity contribution in [1.29, 1.82) is 0 Å². The van der Waals surface area contributed by atoms with Crippen LogP contribution in [0.1, 0.15) is 29.6 Å². The Bertz CT molecular complexity index is 1260. The number of hydrogen-bond donors (Lipinski definition) is 1. The summed E-state index contributed by atoms with van der Waals surface area (Å²) in [4.78, 5) is 19.8. The zero-order valence-corrected chi connectivity index (χ0v) is 19.8. The molecule has 0 aliphatic carbocycles. The molecule has 2 aliphatic rings. The Kier molecular flexibility index (Phi) is 6.33. The smallest absolute Gasteiger partial charge is 0.255 e. The van der Waals surface area contributed by atoms with Crippen LogP contribution in [-0.4, -0.2) is 63.0 Å². The number of piperidine rings is 1. The van der Waals surface area contributed by atoms with E-state index in [1.54, 1.807) is 23.7 Å². The van der Waals surface area contributed by atoms with Gasteiger partial charge in [-0.2, -0.15) is 4.31 Å². The molecule has 0 spiro atoms. The molecule has 0 unspecified atom stereocenters. The van der Waals surface area contributed by atoms with Crippen molar-refractivity contribution in [3.8, 4) is 0 Å². The molecule has 0 bridgehead atoms. The van der Waals surface area contributed by atoms with Gasteiger partial charge < -0.3 is 15.0 Å². The second kappa shape index (κ2) is 9.38. The van der Waals surface area contributed by atoms with Crippen LogP contribution in [0.2, 0.25) is 0 Å². The first-order valence-electron chi connectivity index (χ1n) is 11.1. The first-order valence-corrected chi connectivity index (χ1v) is 13.5. The van der Waals surface area contributed by atoms with Gasteiger partial charge in [-0.05, 0) is 55.7 Å². The molecule has 1 amide bonds. The molecule has 10 heteroatoms. The number of ether oxygens (including phenoxy) is 1. The summed E-state index contributed by atoms with van der Waals surface area (Å²) in [5.74, 6) is -0.274. The summed E-state index contributed by atoms with van der Waals surface area (Å²) < 4.78 is 34.2. The standard InChI is InChI=1S/C23H26N4O4S2/c28-23(17-4-6-19-22(14-17)32-16-24-19)25-20-15-18(33(29,30)27-10-12-31-13-11-27)5-7-21(20)26-8-2-1-3-9-26/h4-7,14-16H,1-3,8-13H2,(H,25,28). The number of amides is 1. The molecule has 1 N–H and O–H groups in total. The SMILES string of the molecule is O=C(Nc1cc(S(=O)(=O)N2CCOCC2)ccc1N1CCCCC1)c1ccc2ncsc2c1. The number of sulfonamides is 1. The van der Waals surface area contributed by atoms with Crippen LogP contribution in [0.25, 0.3) is 10.2 Å². The fourth-order valence-electron chi connectivity index (χ4n) is 4.31. The molecule has 2 aromatic carbocycles. The number of carbonyl (C=O) groups is 1. The van der Waals surface area contributed by atoms with Gasteiger partial charge in [-0.1, -0.05) is 0 Å². The summed E-state index contributed by atoms with van der Waals surface area (Å²) in [6.45, 7) is 3.18. The second-order valence-corrected chi connectivity index (χ2v) is 11.1. The van der Waals surface area contributed by atoms with Gasteiger partial charge in [-0.15, -0.1) is 11.3 Å². The second-order valence-electron chi connectivity index (χ2n) is 8.23. The van der Waals surface area contributed by atoms with E-state index < -0.39 is 10.0 Å². The first-order chi connectivity index (χ1) is 16.0. The number of hydrogen-bond acceptors (Lipinski definition) is 7. The van der Waals surface area contributed by atoms with Crippen LogP contribution in [0.15, 0.2) is 46.8 Å². The highest BCUT2D eigenvalue weighted by atomic mass is 32.2. The Balaban J connectivity index is 1.49. The lowest BCUT2D eigenvalue weighted by molar-refractivity contribution is 0.0730. The van der Waals surface area contributed by atoms with E-state index in [1.807, 2.05) is 18.2 Å². The van der Waals surface area contributed by atoms with Crippen molar-refractivity contribution < 1.29 is 17.9 Å². The minimum absolute atomic E-state index is 0.179. The van der Waals surface area contributed by atoms with Crippen molar-refractivity contribution >= 4 is 48.9 Å². The highest BCUT2D eigenvalue weighted by molar-refractivity contribution is 7.89. The summed E-state index contributed by atoms with van der Waals surface area (Å²) in [5.41, 5.74) is 4.48. The normalized spacial score (nSPS) is 17.9. The fourth-order valence-corrected chi connectivity index (χ4v) is 6.46. The number of rotatable bonds is 5. The summed E-state index contributed by atoms with van der Waals surface area (Å²) >= 11 is 1.48. The Morgan fingerprint density at radius 2 is 1.79 bits per heavy atom. The molecular formula is C23H26N4O4S2. The lowest BCUT2D eigenvalue weighted by Crippen LogP contribution is -2.40. The minimum atomic E-state index is -3.68. The molecule has 0 radical (unpaired) electrons. The zero-order valence-electron chi connectivity index (χ0n) is 18.2. The molecule has 2 aliphatic heterocycles. The summed E-state index contributed by atoms with van der Waals surface area (Å²) in [5, 5.41) is 2.99. The molecule has 3 aromatic rings. The molecular weight excluding hydrogens is 460 g/mol. The van der Waals surface area contributed by atoms with Gasteiger partial charge >= 0.3 is 0 Å². The lowest BCUT2D eigenvalue weighted by atomic mass is 10.1. The van der Waals surface area contributed by atoms with Gasteiger partial charge in [0.15, 0.2) is 0 Å². The van der Waals surface area contributed by atoms with Crippen LogP contribution < -0.4 is 10.2 Å². The molecule has 8 nitrogen and oxygen atoms in total. The number of nitrogens with zero attached hydrogens (tertiary/aromatic N) is 3. The number of nitrogens with one attached hydrogen (secondary N) is 1. The van der Waals surface area contributed by atoms with Crippen LogP contribution in [0.5, 0.6) is 0 Å². The number of fused-ring (bicyclic) bond motifs is 1. The molecule has 5 rings (SSSR count). The fraction of sp³-hybridized carbons (Fsp3) is 0.391. The molecule has 33 heavy (non-hydrogen) atoms. The average molecular weight is 487 g/mol. The Labute approximate surface area is 197 Å². The number of morpholine rings is 1. The molecule has 174 valence electrons. The number of benzene rings is 2. The van der Waals surface area contributed by atoms with Crippen molar-refractivity contribution in [2.45, 2.75) is 24.2 Å². The molecule has 0 atom stereocenters. The van der Waals surface area contributed by atoms with Crippen LogP contribution in [0.3, 0.4) is 0 Å². The van der Waals surface area contributed by atoms with E-state index >= 15 is 0 Å². The van der Waals surface area contributed by atoms with Crippen LogP contribution in [0.4, 0.5) is 11.4 Å².